The molecule has 2 aromatic rings. The summed E-state index contributed by atoms with van der Waals surface area (Å²) in [4.78, 5) is 0. The zero-order valence-electron chi connectivity index (χ0n) is 11.0. The number of hydrogen-bond acceptors (Lipinski definition) is 2. The van der Waals surface area contributed by atoms with Gasteiger partial charge in [0.15, 0.2) is 0 Å². The van der Waals surface area contributed by atoms with Crippen molar-refractivity contribution < 1.29 is 5.11 Å². The average Bonchev–Trinajstić information content (AvgIpc) is 2.62. The largest absolute Gasteiger partial charge is 0.379 e. The zero-order valence-corrected chi connectivity index (χ0v) is 11.8. The molecular weight excluding hydrogens is 248 g/mol. The van der Waals surface area contributed by atoms with E-state index in [1.54, 1.807) is 24.9 Å². The van der Waals surface area contributed by atoms with Crippen molar-refractivity contribution in [3.05, 3.63) is 51.8 Å². The van der Waals surface area contributed by atoms with Crippen molar-refractivity contribution in [1.82, 2.24) is 9.78 Å². The molecule has 1 heterocycles. The van der Waals surface area contributed by atoms with Gasteiger partial charge in [-0.15, -0.1) is 0 Å². The van der Waals surface area contributed by atoms with Gasteiger partial charge in [0.25, 0.3) is 0 Å². The van der Waals surface area contributed by atoms with Gasteiger partial charge in [-0.05, 0) is 31.9 Å². The van der Waals surface area contributed by atoms with Gasteiger partial charge in [0.1, 0.15) is 5.60 Å². The quantitative estimate of drug-likeness (QED) is 0.906. The van der Waals surface area contributed by atoms with Crippen LogP contribution in [0.4, 0.5) is 0 Å². The van der Waals surface area contributed by atoms with Crippen molar-refractivity contribution in [3.63, 3.8) is 0 Å². The highest BCUT2D eigenvalue weighted by molar-refractivity contribution is 6.31. The van der Waals surface area contributed by atoms with Crippen LogP contribution in [0.5, 0.6) is 0 Å². The van der Waals surface area contributed by atoms with Gasteiger partial charge in [-0.25, -0.2) is 0 Å². The lowest BCUT2D eigenvalue weighted by molar-refractivity contribution is 0.0923. The van der Waals surface area contributed by atoms with E-state index in [2.05, 4.69) is 5.10 Å². The van der Waals surface area contributed by atoms with Crippen LogP contribution in [0.3, 0.4) is 0 Å². The van der Waals surface area contributed by atoms with Crippen molar-refractivity contribution >= 4 is 11.6 Å². The Morgan fingerprint density at radius 3 is 2.56 bits per heavy atom. The van der Waals surface area contributed by atoms with Gasteiger partial charge in [-0.3, -0.25) is 4.68 Å². The lowest BCUT2D eigenvalue weighted by Gasteiger charge is -2.26. The second-order valence-electron chi connectivity index (χ2n) is 4.86. The predicted octanol–water partition coefficient (Wildman–Crippen LogP) is 2.95. The van der Waals surface area contributed by atoms with E-state index in [9.17, 15) is 5.11 Å². The van der Waals surface area contributed by atoms with Crippen molar-refractivity contribution in [2.45, 2.75) is 26.4 Å². The summed E-state index contributed by atoms with van der Waals surface area (Å²) in [5.74, 6) is 0. The van der Waals surface area contributed by atoms with Gasteiger partial charge in [0.2, 0.25) is 0 Å². The molecule has 1 unspecified atom stereocenters. The molecule has 3 nitrogen and oxygen atoms in total. The summed E-state index contributed by atoms with van der Waals surface area (Å²) >= 11 is 6.13. The molecule has 18 heavy (non-hydrogen) atoms. The van der Waals surface area contributed by atoms with Crippen LogP contribution in [0, 0.1) is 13.8 Å². The average molecular weight is 265 g/mol. The maximum absolute atomic E-state index is 10.9. The molecular formula is C14H17ClN2O. The fraction of sp³-hybridized carbons (Fsp3) is 0.357. The van der Waals surface area contributed by atoms with Crippen LogP contribution in [0.1, 0.15) is 29.3 Å². The molecule has 0 radical (unpaired) electrons. The summed E-state index contributed by atoms with van der Waals surface area (Å²) in [7, 11) is 1.78. The summed E-state index contributed by atoms with van der Waals surface area (Å²) in [6, 6.07) is 6.02. The van der Waals surface area contributed by atoms with Crippen LogP contribution in [-0.4, -0.2) is 14.9 Å². The highest BCUT2D eigenvalue weighted by Gasteiger charge is 2.32. The molecule has 0 aliphatic rings. The number of aliphatic hydroxyl groups is 1. The number of aryl methyl sites for hydroxylation is 3. The van der Waals surface area contributed by atoms with E-state index < -0.39 is 5.60 Å². The third-order valence-corrected chi connectivity index (χ3v) is 3.55. The van der Waals surface area contributed by atoms with E-state index in [1.807, 2.05) is 32.0 Å². The number of benzene rings is 1. The molecule has 2 rings (SSSR count). The number of aromatic nitrogens is 2. The molecule has 1 aromatic heterocycles. The molecule has 0 saturated heterocycles. The van der Waals surface area contributed by atoms with Gasteiger partial charge in [-0.1, -0.05) is 35.4 Å². The minimum absolute atomic E-state index is 0.475. The van der Waals surface area contributed by atoms with E-state index in [4.69, 9.17) is 11.6 Å². The summed E-state index contributed by atoms with van der Waals surface area (Å²) in [5.41, 5.74) is 2.45. The van der Waals surface area contributed by atoms with Gasteiger partial charge >= 0.3 is 0 Å². The molecule has 1 N–H and O–H groups in total. The van der Waals surface area contributed by atoms with Crippen molar-refractivity contribution in [2.24, 2.45) is 7.05 Å². The first kappa shape index (κ1) is 13.1. The molecule has 0 bridgehead atoms. The fourth-order valence-electron chi connectivity index (χ4n) is 2.35. The normalized spacial score (nSPS) is 14.6. The zero-order chi connectivity index (χ0) is 13.5. The first-order chi connectivity index (χ1) is 8.34. The molecule has 0 aliphatic heterocycles. The maximum atomic E-state index is 10.9. The minimum atomic E-state index is -1.15. The molecule has 4 heteroatoms. The van der Waals surface area contributed by atoms with E-state index in [1.165, 1.54) is 0 Å². The molecule has 0 amide bonds. The fourth-order valence-corrected chi connectivity index (χ4v) is 2.70. The number of hydrogen-bond donors (Lipinski definition) is 1. The maximum Gasteiger partial charge on any atom is 0.130 e. The summed E-state index contributed by atoms with van der Waals surface area (Å²) in [5, 5.41) is 15.4. The standard InChI is InChI=1S/C14H17ClN2O/c1-9-5-6-10(2)11(7-9)14(3,18)13-12(15)8-16-17(13)4/h5-8,18H,1-4H3. The number of halogens is 1. The van der Waals surface area contributed by atoms with Gasteiger partial charge in [0, 0.05) is 7.05 Å². The summed E-state index contributed by atoms with van der Waals surface area (Å²) in [6.45, 7) is 5.73. The molecule has 0 spiro atoms. The molecule has 0 aliphatic carbocycles. The Kier molecular flexibility index (Phi) is 3.21. The van der Waals surface area contributed by atoms with Crippen LogP contribution in [0.25, 0.3) is 0 Å². The van der Waals surface area contributed by atoms with Crippen LogP contribution in [-0.2, 0) is 12.6 Å². The smallest absolute Gasteiger partial charge is 0.130 e. The van der Waals surface area contributed by atoms with Crippen LogP contribution in [0.2, 0.25) is 5.02 Å². The van der Waals surface area contributed by atoms with E-state index in [-0.39, 0.29) is 0 Å². The Balaban J connectivity index is 2.64. The lowest BCUT2D eigenvalue weighted by atomic mass is 9.88. The molecule has 0 saturated carbocycles. The Hall–Kier alpha value is -1.32. The molecule has 1 atom stereocenters. The van der Waals surface area contributed by atoms with Crippen LogP contribution < -0.4 is 0 Å². The summed E-state index contributed by atoms with van der Waals surface area (Å²) < 4.78 is 1.62. The van der Waals surface area contributed by atoms with E-state index in [0.717, 1.165) is 16.7 Å². The summed E-state index contributed by atoms with van der Waals surface area (Å²) in [6.07, 6.45) is 1.55. The Morgan fingerprint density at radius 2 is 2.00 bits per heavy atom. The first-order valence-electron chi connectivity index (χ1n) is 5.82. The van der Waals surface area contributed by atoms with E-state index >= 15 is 0 Å². The Labute approximate surface area is 112 Å². The second-order valence-corrected chi connectivity index (χ2v) is 5.26. The van der Waals surface area contributed by atoms with Gasteiger partial charge in [0.05, 0.1) is 16.9 Å². The van der Waals surface area contributed by atoms with Gasteiger partial charge < -0.3 is 5.11 Å². The number of rotatable bonds is 2. The first-order valence-corrected chi connectivity index (χ1v) is 6.20. The predicted molar refractivity (Wildman–Crippen MR) is 72.8 cm³/mol. The molecule has 96 valence electrons. The highest BCUT2D eigenvalue weighted by atomic mass is 35.5. The Morgan fingerprint density at radius 1 is 1.33 bits per heavy atom. The van der Waals surface area contributed by atoms with Crippen molar-refractivity contribution in [1.29, 1.82) is 0 Å². The Bertz CT molecular complexity index is 568. The number of nitrogens with zero attached hydrogens (tertiary/aromatic N) is 2. The van der Waals surface area contributed by atoms with Crippen LogP contribution in [0.15, 0.2) is 24.4 Å². The van der Waals surface area contributed by atoms with Crippen molar-refractivity contribution in [3.8, 4) is 0 Å². The van der Waals surface area contributed by atoms with Crippen LogP contribution >= 0.6 is 11.6 Å². The van der Waals surface area contributed by atoms with Crippen molar-refractivity contribution in [2.75, 3.05) is 0 Å². The third kappa shape index (κ3) is 2.04. The molecule has 0 fully saturated rings. The highest BCUT2D eigenvalue weighted by Crippen LogP contribution is 2.35. The lowest BCUT2D eigenvalue weighted by Crippen LogP contribution is -2.27. The van der Waals surface area contributed by atoms with E-state index in [0.29, 0.717) is 10.7 Å². The minimum Gasteiger partial charge on any atom is -0.379 e. The third-order valence-electron chi connectivity index (χ3n) is 3.27. The van der Waals surface area contributed by atoms with Gasteiger partial charge in [-0.2, -0.15) is 5.10 Å². The topological polar surface area (TPSA) is 38.1 Å². The SMILES string of the molecule is Cc1ccc(C)c(C(C)(O)c2c(Cl)cnn2C)c1. The second kappa shape index (κ2) is 4.41. The molecule has 1 aromatic carbocycles. The monoisotopic (exact) mass is 264 g/mol.